The van der Waals surface area contributed by atoms with E-state index < -0.39 is 23.2 Å². The first-order valence-electron chi connectivity index (χ1n) is 8.89. The summed E-state index contributed by atoms with van der Waals surface area (Å²) in [6, 6.07) is 13.0. The van der Waals surface area contributed by atoms with Gasteiger partial charge < -0.3 is 4.57 Å². The van der Waals surface area contributed by atoms with E-state index in [0.29, 0.717) is 11.1 Å². The molecule has 0 fully saturated rings. The molecule has 0 unspecified atom stereocenters. The highest BCUT2D eigenvalue weighted by atomic mass is 19.4. The number of imidazole rings is 1. The lowest BCUT2D eigenvalue weighted by atomic mass is 10.1. The van der Waals surface area contributed by atoms with Crippen molar-refractivity contribution >= 4 is 32.8 Å². The van der Waals surface area contributed by atoms with Crippen LogP contribution in [0.15, 0.2) is 59.7 Å². The zero-order chi connectivity index (χ0) is 21.2. The van der Waals surface area contributed by atoms with E-state index in [1.54, 1.807) is 31.3 Å². The van der Waals surface area contributed by atoms with E-state index in [1.807, 2.05) is 18.2 Å². The smallest absolute Gasteiger partial charge is 0.333 e. The van der Waals surface area contributed by atoms with Gasteiger partial charge in [-0.25, -0.2) is 14.4 Å². The van der Waals surface area contributed by atoms with E-state index in [4.69, 9.17) is 0 Å². The van der Waals surface area contributed by atoms with Crippen molar-refractivity contribution < 1.29 is 17.6 Å². The van der Waals surface area contributed by atoms with Crippen molar-refractivity contribution in [3.63, 3.8) is 0 Å². The Hall–Kier alpha value is -3.75. The summed E-state index contributed by atoms with van der Waals surface area (Å²) >= 11 is 0. The number of aryl methyl sites for hydroxylation is 1. The third-order valence-electron chi connectivity index (χ3n) is 5.04. The van der Waals surface area contributed by atoms with Gasteiger partial charge in [-0.15, -0.1) is 0 Å². The lowest BCUT2D eigenvalue weighted by molar-refractivity contribution is -0.143. The second-order valence-corrected chi connectivity index (χ2v) is 6.88. The van der Waals surface area contributed by atoms with Crippen molar-refractivity contribution in [1.82, 2.24) is 19.1 Å². The van der Waals surface area contributed by atoms with Crippen molar-refractivity contribution in [2.45, 2.75) is 6.18 Å². The van der Waals surface area contributed by atoms with Crippen LogP contribution in [0.2, 0.25) is 0 Å². The fourth-order valence-electron chi connectivity index (χ4n) is 3.76. The van der Waals surface area contributed by atoms with Gasteiger partial charge in [-0.3, -0.25) is 9.36 Å². The number of pyridine rings is 2. The Morgan fingerprint density at radius 1 is 1.00 bits per heavy atom. The van der Waals surface area contributed by atoms with Gasteiger partial charge in [0.2, 0.25) is 0 Å². The average molecular weight is 412 g/mol. The van der Waals surface area contributed by atoms with Gasteiger partial charge in [-0.1, -0.05) is 36.4 Å². The zero-order valence-electron chi connectivity index (χ0n) is 15.4. The summed E-state index contributed by atoms with van der Waals surface area (Å²) in [6.07, 6.45) is -3.66. The molecule has 30 heavy (non-hydrogen) atoms. The van der Waals surface area contributed by atoms with Crippen LogP contribution in [0.3, 0.4) is 0 Å². The standard InChI is InChI=1S/C21H12F4N4O/c1-28-10-26-16-17(28)13-9-14(22)18(21(23,24)25)27-19(13)29(20(16)30)15-8-4-6-11-5-2-3-7-12(11)15/h2-10H,1H3. The lowest BCUT2D eigenvalue weighted by Gasteiger charge is -2.15. The highest BCUT2D eigenvalue weighted by Crippen LogP contribution is 2.34. The van der Waals surface area contributed by atoms with Gasteiger partial charge in [0.05, 0.1) is 17.5 Å². The Morgan fingerprint density at radius 3 is 2.50 bits per heavy atom. The van der Waals surface area contributed by atoms with E-state index in [0.717, 1.165) is 16.0 Å². The number of fused-ring (bicyclic) bond motifs is 4. The highest BCUT2D eigenvalue weighted by Gasteiger charge is 2.37. The van der Waals surface area contributed by atoms with Crippen LogP contribution in [0.25, 0.3) is 38.5 Å². The molecular formula is C21H12F4N4O. The molecular weight excluding hydrogens is 400 g/mol. The molecule has 3 heterocycles. The molecule has 0 spiro atoms. The largest absolute Gasteiger partial charge is 0.436 e. The third-order valence-corrected chi connectivity index (χ3v) is 5.04. The quantitative estimate of drug-likeness (QED) is 0.379. The van der Waals surface area contributed by atoms with Crippen molar-refractivity contribution in [1.29, 1.82) is 0 Å². The SMILES string of the molecule is Cn1cnc2c(=O)n(-c3cccc4ccccc34)c3nc(C(F)(F)F)c(F)cc3c21. The molecule has 0 saturated carbocycles. The van der Waals surface area contributed by atoms with E-state index >= 15 is 0 Å². The van der Waals surface area contributed by atoms with Crippen LogP contribution in [-0.4, -0.2) is 19.1 Å². The normalized spacial score (nSPS) is 12.3. The molecule has 0 amide bonds. The molecule has 0 aliphatic carbocycles. The second kappa shape index (κ2) is 6.12. The average Bonchev–Trinajstić information content (AvgIpc) is 3.09. The summed E-state index contributed by atoms with van der Waals surface area (Å²) in [5.41, 5.74) is -2.04. The van der Waals surface area contributed by atoms with Gasteiger partial charge in [0.1, 0.15) is 0 Å². The van der Waals surface area contributed by atoms with E-state index in [2.05, 4.69) is 9.97 Å². The van der Waals surface area contributed by atoms with Crippen LogP contribution in [0.4, 0.5) is 17.6 Å². The number of halogens is 4. The van der Waals surface area contributed by atoms with Crippen LogP contribution in [0, 0.1) is 5.82 Å². The molecule has 2 aromatic carbocycles. The molecule has 0 aliphatic rings. The van der Waals surface area contributed by atoms with Gasteiger partial charge in [0.25, 0.3) is 5.56 Å². The summed E-state index contributed by atoms with van der Waals surface area (Å²) in [4.78, 5) is 21.0. The van der Waals surface area contributed by atoms with Crippen LogP contribution in [-0.2, 0) is 13.2 Å². The predicted molar refractivity (Wildman–Crippen MR) is 104 cm³/mol. The molecule has 0 atom stereocenters. The number of hydrogen-bond acceptors (Lipinski definition) is 3. The summed E-state index contributed by atoms with van der Waals surface area (Å²) in [6.45, 7) is 0. The number of nitrogens with zero attached hydrogens (tertiary/aromatic N) is 4. The minimum atomic E-state index is -5.01. The molecule has 0 N–H and O–H groups in total. The monoisotopic (exact) mass is 412 g/mol. The minimum Gasteiger partial charge on any atom is -0.333 e. The Balaban J connectivity index is 2.05. The Bertz CT molecular complexity index is 1530. The predicted octanol–water partition coefficient (Wildman–Crippen LogP) is 4.58. The minimum absolute atomic E-state index is 0.0129. The van der Waals surface area contributed by atoms with Crippen LogP contribution >= 0.6 is 0 Å². The molecule has 0 saturated heterocycles. The number of alkyl halides is 3. The molecule has 5 aromatic rings. The molecule has 9 heteroatoms. The van der Waals surface area contributed by atoms with Gasteiger partial charge in [-0.2, -0.15) is 13.2 Å². The van der Waals surface area contributed by atoms with E-state index in [9.17, 15) is 22.4 Å². The number of aromatic nitrogens is 4. The van der Waals surface area contributed by atoms with Crippen molar-refractivity contribution in [2.24, 2.45) is 7.05 Å². The third kappa shape index (κ3) is 2.51. The topological polar surface area (TPSA) is 52.7 Å². The maximum absolute atomic E-state index is 14.4. The maximum atomic E-state index is 14.4. The molecule has 150 valence electrons. The van der Waals surface area contributed by atoms with E-state index in [-0.39, 0.29) is 22.1 Å². The molecule has 5 nitrogen and oxygen atoms in total. The second-order valence-electron chi connectivity index (χ2n) is 6.88. The number of hydrogen-bond donors (Lipinski definition) is 0. The number of rotatable bonds is 1. The lowest BCUT2D eigenvalue weighted by Crippen LogP contribution is -2.22. The maximum Gasteiger partial charge on any atom is 0.436 e. The van der Waals surface area contributed by atoms with Gasteiger partial charge >= 0.3 is 6.18 Å². The summed E-state index contributed by atoms with van der Waals surface area (Å²) < 4.78 is 57.1. The molecule has 0 aliphatic heterocycles. The molecule has 3 aromatic heterocycles. The van der Waals surface area contributed by atoms with Crippen LogP contribution in [0.1, 0.15) is 5.69 Å². The first-order chi connectivity index (χ1) is 14.3. The van der Waals surface area contributed by atoms with E-state index in [1.165, 1.54) is 10.9 Å². The van der Waals surface area contributed by atoms with Crippen LogP contribution < -0.4 is 5.56 Å². The Morgan fingerprint density at radius 2 is 1.73 bits per heavy atom. The van der Waals surface area contributed by atoms with Crippen molar-refractivity contribution in [2.75, 3.05) is 0 Å². The first kappa shape index (κ1) is 18.3. The Kier molecular flexibility index (Phi) is 3.73. The van der Waals surface area contributed by atoms with Crippen molar-refractivity contribution in [3.8, 4) is 5.69 Å². The summed E-state index contributed by atoms with van der Waals surface area (Å²) in [7, 11) is 1.58. The van der Waals surface area contributed by atoms with Gasteiger partial charge in [-0.05, 0) is 17.5 Å². The molecule has 0 radical (unpaired) electrons. The Labute approximate surface area is 165 Å². The highest BCUT2D eigenvalue weighted by molar-refractivity contribution is 6.03. The zero-order valence-corrected chi connectivity index (χ0v) is 15.4. The first-order valence-corrected chi connectivity index (χ1v) is 8.89. The summed E-state index contributed by atoms with van der Waals surface area (Å²) in [5, 5.41) is 1.48. The summed E-state index contributed by atoms with van der Waals surface area (Å²) in [5.74, 6) is -1.51. The van der Waals surface area contributed by atoms with Gasteiger partial charge in [0.15, 0.2) is 22.7 Å². The fraction of sp³-hybridized carbons (Fsp3) is 0.0952. The fourth-order valence-corrected chi connectivity index (χ4v) is 3.76. The van der Waals surface area contributed by atoms with Gasteiger partial charge in [0, 0.05) is 17.8 Å². The molecule has 0 bridgehead atoms. The van der Waals surface area contributed by atoms with Crippen molar-refractivity contribution in [3.05, 3.63) is 76.7 Å². The molecule has 5 rings (SSSR count). The number of benzene rings is 2. The van der Waals surface area contributed by atoms with Crippen LogP contribution in [0.5, 0.6) is 0 Å².